The molecule has 3 heterocycles. The molecule has 8 heteroatoms. The van der Waals surface area contributed by atoms with Gasteiger partial charge >= 0.3 is 0 Å². The lowest BCUT2D eigenvalue weighted by Crippen LogP contribution is -2.06. The second kappa shape index (κ2) is 8.01. The van der Waals surface area contributed by atoms with Gasteiger partial charge in [-0.2, -0.15) is 5.10 Å². The molecule has 0 atom stereocenters. The molecule has 0 aliphatic rings. The number of hydrogen-bond acceptors (Lipinski definition) is 7. The van der Waals surface area contributed by atoms with E-state index in [-0.39, 0.29) is 6.61 Å². The third-order valence-electron chi connectivity index (χ3n) is 4.38. The Balaban J connectivity index is 1.68. The Bertz CT molecular complexity index is 1040. The second-order valence-electron chi connectivity index (χ2n) is 6.33. The van der Waals surface area contributed by atoms with Crippen molar-refractivity contribution in [3.05, 3.63) is 66.2 Å². The zero-order chi connectivity index (χ0) is 19.3. The number of aliphatic hydroxyl groups excluding tert-OH is 1. The predicted molar refractivity (Wildman–Crippen MR) is 105 cm³/mol. The number of aromatic nitrogens is 5. The standard InChI is InChI=1S/C20H20N6O2/c1-14-4-2-3-5-15(14)13-26-19(17-6-9-28-25-17)10-18(24-26)20-22-11-16(12-23-20)21-7-8-27/h2-6,9-12,21,27H,7-8,13H2,1H3. The van der Waals surface area contributed by atoms with Gasteiger partial charge in [-0.05, 0) is 24.1 Å². The number of aliphatic hydroxyl groups is 1. The number of aryl methyl sites for hydroxylation is 1. The Kier molecular flexibility index (Phi) is 5.11. The van der Waals surface area contributed by atoms with E-state index in [0.717, 1.165) is 11.4 Å². The molecule has 4 aromatic rings. The van der Waals surface area contributed by atoms with Crippen LogP contribution in [0.1, 0.15) is 11.1 Å². The zero-order valence-corrected chi connectivity index (χ0v) is 15.4. The quantitative estimate of drug-likeness (QED) is 0.511. The molecule has 28 heavy (non-hydrogen) atoms. The summed E-state index contributed by atoms with van der Waals surface area (Å²) in [5.74, 6) is 0.517. The molecule has 2 N–H and O–H groups in total. The van der Waals surface area contributed by atoms with Crippen LogP contribution in [0.25, 0.3) is 22.9 Å². The first-order valence-corrected chi connectivity index (χ1v) is 8.95. The molecule has 0 saturated carbocycles. The van der Waals surface area contributed by atoms with Crippen molar-refractivity contribution in [3.8, 4) is 22.9 Å². The fraction of sp³-hybridized carbons (Fsp3) is 0.200. The maximum Gasteiger partial charge on any atom is 0.180 e. The average molecular weight is 376 g/mol. The van der Waals surface area contributed by atoms with E-state index >= 15 is 0 Å². The highest BCUT2D eigenvalue weighted by atomic mass is 16.5. The van der Waals surface area contributed by atoms with Crippen molar-refractivity contribution in [2.75, 3.05) is 18.5 Å². The van der Waals surface area contributed by atoms with Crippen LogP contribution in [-0.4, -0.2) is 43.2 Å². The van der Waals surface area contributed by atoms with Crippen LogP contribution >= 0.6 is 0 Å². The van der Waals surface area contributed by atoms with Gasteiger partial charge in [0, 0.05) is 12.6 Å². The second-order valence-corrected chi connectivity index (χ2v) is 6.33. The van der Waals surface area contributed by atoms with Gasteiger partial charge in [-0.25, -0.2) is 9.97 Å². The maximum absolute atomic E-state index is 8.89. The van der Waals surface area contributed by atoms with E-state index in [4.69, 9.17) is 14.7 Å². The van der Waals surface area contributed by atoms with Gasteiger partial charge in [0.15, 0.2) is 5.82 Å². The highest BCUT2D eigenvalue weighted by Gasteiger charge is 2.16. The largest absolute Gasteiger partial charge is 0.395 e. The summed E-state index contributed by atoms with van der Waals surface area (Å²) in [7, 11) is 0. The summed E-state index contributed by atoms with van der Waals surface area (Å²) in [6.07, 6.45) is 4.89. The van der Waals surface area contributed by atoms with E-state index in [0.29, 0.717) is 30.3 Å². The summed E-state index contributed by atoms with van der Waals surface area (Å²) in [5, 5.41) is 20.7. The molecule has 0 radical (unpaired) electrons. The fourth-order valence-corrected chi connectivity index (χ4v) is 2.90. The highest BCUT2D eigenvalue weighted by molar-refractivity contribution is 5.63. The Hall–Kier alpha value is -3.52. The van der Waals surface area contributed by atoms with E-state index < -0.39 is 0 Å². The van der Waals surface area contributed by atoms with Crippen LogP contribution in [0.5, 0.6) is 0 Å². The smallest absolute Gasteiger partial charge is 0.180 e. The molecule has 0 unspecified atom stereocenters. The van der Waals surface area contributed by atoms with Gasteiger partial charge in [0.2, 0.25) is 0 Å². The summed E-state index contributed by atoms with van der Waals surface area (Å²) in [6.45, 7) is 3.18. The fourth-order valence-electron chi connectivity index (χ4n) is 2.90. The Morgan fingerprint density at radius 2 is 1.93 bits per heavy atom. The van der Waals surface area contributed by atoms with Crippen LogP contribution in [0.15, 0.2) is 59.6 Å². The first kappa shape index (κ1) is 17.9. The molecule has 8 nitrogen and oxygen atoms in total. The van der Waals surface area contributed by atoms with E-state index in [1.807, 2.05) is 22.9 Å². The van der Waals surface area contributed by atoms with E-state index in [1.54, 1.807) is 18.5 Å². The molecule has 1 aromatic carbocycles. The van der Waals surface area contributed by atoms with Crippen molar-refractivity contribution < 1.29 is 9.63 Å². The molecule has 0 fully saturated rings. The summed E-state index contributed by atoms with van der Waals surface area (Å²) in [4.78, 5) is 8.77. The van der Waals surface area contributed by atoms with Crippen molar-refractivity contribution in [3.63, 3.8) is 0 Å². The summed E-state index contributed by atoms with van der Waals surface area (Å²) in [6, 6.07) is 11.9. The maximum atomic E-state index is 8.89. The molecule has 0 aliphatic carbocycles. The minimum Gasteiger partial charge on any atom is -0.395 e. The van der Waals surface area contributed by atoms with Crippen LogP contribution in [0.3, 0.4) is 0 Å². The number of nitrogens with zero attached hydrogens (tertiary/aromatic N) is 5. The van der Waals surface area contributed by atoms with Gasteiger partial charge < -0.3 is 14.9 Å². The third-order valence-corrected chi connectivity index (χ3v) is 4.38. The highest BCUT2D eigenvalue weighted by Crippen LogP contribution is 2.25. The molecule has 0 bridgehead atoms. The van der Waals surface area contributed by atoms with Crippen LogP contribution in [-0.2, 0) is 6.54 Å². The molecular formula is C20H20N6O2. The predicted octanol–water partition coefficient (Wildman–Crippen LogP) is 2.76. The van der Waals surface area contributed by atoms with Crippen LogP contribution in [0.4, 0.5) is 5.69 Å². The molecule has 3 aromatic heterocycles. The molecule has 4 rings (SSSR count). The Labute approximate surface area is 161 Å². The van der Waals surface area contributed by atoms with Crippen molar-refractivity contribution >= 4 is 5.69 Å². The van der Waals surface area contributed by atoms with Crippen molar-refractivity contribution in [2.24, 2.45) is 0 Å². The molecule has 0 spiro atoms. The van der Waals surface area contributed by atoms with E-state index in [1.165, 1.54) is 17.4 Å². The van der Waals surface area contributed by atoms with E-state index in [2.05, 4.69) is 39.5 Å². The molecule has 0 amide bonds. The van der Waals surface area contributed by atoms with Gasteiger partial charge in [0.1, 0.15) is 17.7 Å². The summed E-state index contributed by atoms with van der Waals surface area (Å²) < 4.78 is 6.90. The summed E-state index contributed by atoms with van der Waals surface area (Å²) >= 11 is 0. The Morgan fingerprint density at radius 3 is 2.64 bits per heavy atom. The molecule has 0 aliphatic heterocycles. The van der Waals surface area contributed by atoms with Gasteiger partial charge in [-0.3, -0.25) is 4.68 Å². The van der Waals surface area contributed by atoms with Gasteiger partial charge in [-0.15, -0.1) is 0 Å². The SMILES string of the molecule is Cc1ccccc1Cn1nc(-c2ncc(NCCO)cn2)cc1-c1ccon1. The lowest BCUT2D eigenvalue weighted by Gasteiger charge is -2.08. The minimum absolute atomic E-state index is 0.0477. The number of nitrogens with one attached hydrogen (secondary N) is 1. The molecular weight excluding hydrogens is 356 g/mol. The first-order valence-electron chi connectivity index (χ1n) is 8.95. The molecule has 0 saturated heterocycles. The number of anilines is 1. The Morgan fingerprint density at radius 1 is 1.11 bits per heavy atom. The van der Waals surface area contributed by atoms with Crippen molar-refractivity contribution in [1.82, 2.24) is 24.9 Å². The van der Waals surface area contributed by atoms with Gasteiger partial charge in [-0.1, -0.05) is 29.4 Å². The third kappa shape index (κ3) is 3.77. The zero-order valence-electron chi connectivity index (χ0n) is 15.4. The van der Waals surface area contributed by atoms with E-state index in [9.17, 15) is 0 Å². The van der Waals surface area contributed by atoms with Crippen molar-refractivity contribution in [1.29, 1.82) is 0 Å². The monoisotopic (exact) mass is 376 g/mol. The van der Waals surface area contributed by atoms with Crippen molar-refractivity contribution in [2.45, 2.75) is 13.5 Å². The molecule has 142 valence electrons. The number of rotatable bonds is 7. The normalized spacial score (nSPS) is 10.9. The van der Waals surface area contributed by atoms with Gasteiger partial charge in [0.25, 0.3) is 0 Å². The lowest BCUT2D eigenvalue weighted by molar-refractivity contribution is 0.311. The van der Waals surface area contributed by atoms with Crippen LogP contribution in [0.2, 0.25) is 0 Å². The summed E-state index contributed by atoms with van der Waals surface area (Å²) in [5.41, 5.74) is 5.30. The average Bonchev–Trinajstić information content (AvgIpc) is 3.38. The van der Waals surface area contributed by atoms with Crippen LogP contribution < -0.4 is 5.32 Å². The van der Waals surface area contributed by atoms with Gasteiger partial charge in [0.05, 0.1) is 36.9 Å². The number of hydrogen-bond donors (Lipinski definition) is 2. The topological polar surface area (TPSA) is 102 Å². The first-order chi connectivity index (χ1) is 13.7. The van der Waals surface area contributed by atoms with Crippen LogP contribution in [0, 0.1) is 6.92 Å². The minimum atomic E-state index is 0.0477. The number of benzene rings is 1. The lowest BCUT2D eigenvalue weighted by atomic mass is 10.1.